The number of fused-ring (bicyclic) bond motifs is 2. The number of aromatic amines is 2. The van der Waals surface area contributed by atoms with Gasteiger partial charge in [-0.3, -0.25) is 5.41 Å². The van der Waals surface area contributed by atoms with Crippen LogP contribution in [0, 0.1) is 5.41 Å². The van der Waals surface area contributed by atoms with E-state index in [0.717, 1.165) is 38.1 Å². The summed E-state index contributed by atoms with van der Waals surface area (Å²) in [5, 5.41) is 19.3. The van der Waals surface area contributed by atoms with Gasteiger partial charge in [-0.2, -0.15) is 10.2 Å². The molecule has 0 fully saturated rings. The molecule has 0 saturated carbocycles. The molecule has 0 aliphatic rings. The van der Waals surface area contributed by atoms with Crippen LogP contribution in [0.5, 0.6) is 0 Å². The van der Waals surface area contributed by atoms with Crippen molar-refractivity contribution in [1.29, 1.82) is 5.41 Å². The second-order valence-electron chi connectivity index (χ2n) is 5.74. The average Bonchev–Trinajstić information content (AvgIpc) is 3.26. The zero-order valence-corrected chi connectivity index (χ0v) is 13.8. The van der Waals surface area contributed by atoms with Crippen LogP contribution in [-0.2, 0) is 0 Å². The van der Waals surface area contributed by atoms with Crippen LogP contribution in [0.15, 0.2) is 71.1 Å². The summed E-state index contributed by atoms with van der Waals surface area (Å²) in [6, 6.07) is 15.8. The molecule has 5 N–H and O–H groups in total. The molecule has 2 aromatic heterocycles. The number of rotatable bonds is 4. The predicted octanol–water partition coefficient (Wildman–Crippen LogP) is 3.21. The lowest BCUT2D eigenvalue weighted by Crippen LogP contribution is -2.27. The van der Waals surface area contributed by atoms with E-state index in [2.05, 4.69) is 20.2 Å². The molecule has 0 bridgehead atoms. The number of para-hydroxylation sites is 2. The fourth-order valence-corrected chi connectivity index (χ4v) is 2.79. The molecule has 26 heavy (non-hydrogen) atoms. The SMILES string of the molecule is N=C(N)N(N=Cc1c[nH]c2ccccc12)N=Cc1c[nH]c2ccccc12. The monoisotopic (exact) mass is 343 g/mol. The van der Waals surface area contributed by atoms with E-state index in [1.165, 1.54) is 0 Å². The Balaban J connectivity index is 1.61. The van der Waals surface area contributed by atoms with Gasteiger partial charge in [0, 0.05) is 45.3 Å². The van der Waals surface area contributed by atoms with Gasteiger partial charge in [0.05, 0.1) is 12.4 Å². The summed E-state index contributed by atoms with van der Waals surface area (Å²) in [5.41, 5.74) is 9.44. The first-order chi connectivity index (χ1) is 12.7. The molecule has 7 nitrogen and oxygen atoms in total. The van der Waals surface area contributed by atoms with Gasteiger partial charge >= 0.3 is 0 Å². The van der Waals surface area contributed by atoms with E-state index in [0.29, 0.717) is 0 Å². The summed E-state index contributed by atoms with van der Waals surface area (Å²) in [6.07, 6.45) is 6.98. The quantitative estimate of drug-likeness (QED) is 0.259. The third-order valence-corrected chi connectivity index (χ3v) is 4.07. The first-order valence-corrected chi connectivity index (χ1v) is 8.07. The van der Waals surface area contributed by atoms with Gasteiger partial charge in [-0.25, -0.2) is 0 Å². The van der Waals surface area contributed by atoms with E-state index in [1.807, 2.05) is 60.9 Å². The molecule has 2 heterocycles. The van der Waals surface area contributed by atoms with Crippen molar-refractivity contribution in [2.24, 2.45) is 15.9 Å². The molecule has 0 radical (unpaired) electrons. The minimum Gasteiger partial charge on any atom is -0.367 e. The lowest BCUT2D eigenvalue weighted by atomic mass is 10.2. The Labute approximate surface area is 149 Å². The van der Waals surface area contributed by atoms with Crippen molar-refractivity contribution in [2.45, 2.75) is 0 Å². The van der Waals surface area contributed by atoms with Gasteiger partial charge in [0.2, 0.25) is 5.96 Å². The van der Waals surface area contributed by atoms with Gasteiger partial charge in [-0.15, -0.1) is 5.12 Å². The Morgan fingerprint density at radius 3 is 1.77 bits per heavy atom. The Morgan fingerprint density at radius 2 is 1.31 bits per heavy atom. The maximum Gasteiger partial charge on any atom is 0.232 e. The van der Waals surface area contributed by atoms with Crippen LogP contribution in [0.25, 0.3) is 21.8 Å². The molecule has 4 rings (SSSR count). The molecule has 0 spiro atoms. The molecule has 0 saturated heterocycles. The molecular formula is C19H17N7. The van der Waals surface area contributed by atoms with Crippen molar-refractivity contribution in [3.63, 3.8) is 0 Å². The minimum absolute atomic E-state index is 0.266. The number of H-pyrrole nitrogens is 2. The summed E-state index contributed by atoms with van der Waals surface area (Å²) < 4.78 is 0. The number of benzene rings is 2. The highest BCUT2D eigenvalue weighted by atomic mass is 15.7. The van der Waals surface area contributed by atoms with E-state index in [4.69, 9.17) is 11.1 Å². The molecule has 7 heteroatoms. The smallest absolute Gasteiger partial charge is 0.232 e. The summed E-state index contributed by atoms with van der Waals surface area (Å²) in [7, 11) is 0. The first kappa shape index (κ1) is 15.6. The van der Waals surface area contributed by atoms with Gasteiger partial charge in [-0.1, -0.05) is 36.4 Å². The molecule has 0 unspecified atom stereocenters. The largest absolute Gasteiger partial charge is 0.367 e. The van der Waals surface area contributed by atoms with E-state index < -0.39 is 0 Å². The second kappa shape index (κ2) is 6.56. The third kappa shape index (κ3) is 2.93. The van der Waals surface area contributed by atoms with Crippen molar-refractivity contribution >= 4 is 40.2 Å². The molecule has 0 aliphatic carbocycles. The highest BCUT2D eigenvalue weighted by Crippen LogP contribution is 2.17. The van der Waals surface area contributed by atoms with Crippen LogP contribution >= 0.6 is 0 Å². The Morgan fingerprint density at radius 1 is 0.846 bits per heavy atom. The van der Waals surface area contributed by atoms with Gasteiger partial charge in [0.15, 0.2) is 0 Å². The molecule has 0 atom stereocenters. The fraction of sp³-hybridized carbons (Fsp3) is 0. The standard InChI is InChI=1S/C19H17N7/c20-19(21)26(24-11-13-9-22-17-7-3-1-5-15(13)17)25-12-14-10-23-18-8-4-2-6-16(14)18/h1-12,22-23H,(H3,20,21). The van der Waals surface area contributed by atoms with Gasteiger partial charge in [0.1, 0.15) is 0 Å². The summed E-state index contributed by atoms with van der Waals surface area (Å²) >= 11 is 0. The third-order valence-electron chi connectivity index (χ3n) is 4.07. The molecular weight excluding hydrogens is 326 g/mol. The number of nitrogens with one attached hydrogen (secondary N) is 3. The van der Waals surface area contributed by atoms with Crippen molar-refractivity contribution in [1.82, 2.24) is 15.1 Å². The topological polar surface area (TPSA) is 109 Å². The number of guanidine groups is 1. The lowest BCUT2D eigenvalue weighted by Gasteiger charge is -2.08. The number of hydrogen-bond donors (Lipinski definition) is 4. The summed E-state index contributed by atoms with van der Waals surface area (Å²) in [5.74, 6) is -0.266. The summed E-state index contributed by atoms with van der Waals surface area (Å²) in [4.78, 5) is 6.36. The summed E-state index contributed by atoms with van der Waals surface area (Å²) in [6.45, 7) is 0. The molecule has 128 valence electrons. The number of aromatic nitrogens is 2. The Bertz CT molecular complexity index is 1050. The number of nitrogens with zero attached hydrogens (tertiary/aromatic N) is 3. The van der Waals surface area contributed by atoms with Crippen LogP contribution in [-0.4, -0.2) is 33.5 Å². The highest BCUT2D eigenvalue weighted by molar-refractivity contribution is 6.00. The maximum atomic E-state index is 7.70. The second-order valence-corrected chi connectivity index (χ2v) is 5.74. The van der Waals surface area contributed by atoms with E-state index in [1.54, 1.807) is 12.4 Å². The molecule has 2 aromatic carbocycles. The first-order valence-electron chi connectivity index (χ1n) is 8.07. The predicted molar refractivity (Wildman–Crippen MR) is 106 cm³/mol. The van der Waals surface area contributed by atoms with Gasteiger partial charge in [-0.05, 0) is 12.1 Å². The lowest BCUT2D eigenvalue weighted by molar-refractivity contribution is 0.472. The van der Waals surface area contributed by atoms with Gasteiger partial charge < -0.3 is 15.7 Å². The highest BCUT2D eigenvalue weighted by Gasteiger charge is 2.05. The van der Waals surface area contributed by atoms with Crippen molar-refractivity contribution in [3.8, 4) is 0 Å². The van der Waals surface area contributed by atoms with Crippen molar-refractivity contribution < 1.29 is 0 Å². The number of nitrogens with two attached hydrogens (primary N) is 1. The Hall–Kier alpha value is -3.87. The molecule has 0 aliphatic heterocycles. The zero-order chi connectivity index (χ0) is 17.9. The fourth-order valence-electron chi connectivity index (χ4n) is 2.79. The Kier molecular flexibility index (Phi) is 3.95. The van der Waals surface area contributed by atoms with Crippen molar-refractivity contribution in [3.05, 3.63) is 72.1 Å². The maximum absolute atomic E-state index is 7.70. The molecule has 0 amide bonds. The number of hydrazone groups is 2. The van der Waals surface area contributed by atoms with Gasteiger partial charge in [0.25, 0.3) is 0 Å². The van der Waals surface area contributed by atoms with E-state index in [-0.39, 0.29) is 5.96 Å². The zero-order valence-electron chi connectivity index (χ0n) is 13.8. The van der Waals surface area contributed by atoms with E-state index >= 15 is 0 Å². The van der Waals surface area contributed by atoms with E-state index in [9.17, 15) is 0 Å². The van der Waals surface area contributed by atoms with Crippen LogP contribution in [0.3, 0.4) is 0 Å². The van der Waals surface area contributed by atoms with Crippen LogP contribution in [0.2, 0.25) is 0 Å². The normalized spacial score (nSPS) is 11.8. The minimum atomic E-state index is -0.266. The number of hydrogen-bond acceptors (Lipinski definition) is 3. The van der Waals surface area contributed by atoms with Crippen molar-refractivity contribution in [2.75, 3.05) is 0 Å². The average molecular weight is 343 g/mol. The van der Waals surface area contributed by atoms with Crippen LogP contribution < -0.4 is 5.73 Å². The van der Waals surface area contributed by atoms with Crippen LogP contribution in [0.1, 0.15) is 11.1 Å². The van der Waals surface area contributed by atoms with Crippen LogP contribution in [0.4, 0.5) is 0 Å². The molecule has 4 aromatic rings.